The van der Waals surface area contributed by atoms with Crippen molar-refractivity contribution in [1.29, 1.82) is 0 Å². The van der Waals surface area contributed by atoms with Gasteiger partial charge in [-0.3, -0.25) is 0 Å². The highest BCUT2D eigenvalue weighted by Crippen LogP contribution is 2.30. The fraction of sp³-hybridized carbons (Fsp3) is 0.105. The van der Waals surface area contributed by atoms with E-state index in [0.29, 0.717) is 22.5 Å². The van der Waals surface area contributed by atoms with Crippen LogP contribution in [0.15, 0.2) is 67.0 Å². The normalized spacial score (nSPS) is 12.4. The van der Waals surface area contributed by atoms with E-state index in [1.165, 1.54) is 6.33 Å². The van der Waals surface area contributed by atoms with Crippen molar-refractivity contribution in [2.75, 3.05) is 5.73 Å². The third-order valence-electron chi connectivity index (χ3n) is 4.14. The van der Waals surface area contributed by atoms with E-state index in [1.807, 2.05) is 60.7 Å². The molecule has 1 unspecified atom stereocenters. The van der Waals surface area contributed by atoms with E-state index < -0.39 is 6.10 Å². The van der Waals surface area contributed by atoms with Crippen LogP contribution in [-0.2, 0) is 6.54 Å². The van der Waals surface area contributed by atoms with Gasteiger partial charge < -0.3 is 10.8 Å². The summed E-state index contributed by atoms with van der Waals surface area (Å²) in [5.41, 5.74) is 9.17. The van der Waals surface area contributed by atoms with Crippen molar-refractivity contribution in [2.24, 2.45) is 0 Å². The number of aliphatic hydroxyl groups excluding tert-OH is 1. The number of hydrogen-bond acceptors (Lipinski definition) is 5. The number of hydrogen-bond donors (Lipinski definition) is 2. The summed E-state index contributed by atoms with van der Waals surface area (Å²) >= 11 is 0. The average Bonchev–Trinajstić information content (AvgIpc) is 3.03. The van der Waals surface area contributed by atoms with Crippen LogP contribution in [0.25, 0.3) is 22.3 Å². The maximum atomic E-state index is 10.5. The molecule has 0 saturated carbocycles. The van der Waals surface area contributed by atoms with Crippen LogP contribution in [-0.4, -0.2) is 24.9 Å². The lowest BCUT2D eigenvalue weighted by Gasteiger charge is -2.11. The van der Waals surface area contributed by atoms with Gasteiger partial charge in [-0.25, -0.2) is 14.6 Å². The van der Waals surface area contributed by atoms with E-state index in [9.17, 15) is 5.11 Å². The van der Waals surface area contributed by atoms with E-state index in [1.54, 1.807) is 4.68 Å². The number of rotatable bonds is 4. The van der Waals surface area contributed by atoms with Crippen LogP contribution in [0.2, 0.25) is 0 Å². The Hall–Kier alpha value is -3.25. The summed E-state index contributed by atoms with van der Waals surface area (Å²) in [5, 5.41) is 15.9. The molecule has 0 aliphatic heterocycles. The first-order valence-corrected chi connectivity index (χ1v) is 7.99. The molecule has 0 saturated heterocycles. The van der Waals surface area contributed by atoms with E-state index in [0.717, 1.165) is 11.1 Å². The van der Waals surface area contributed by atoms with E-state index in [-0.39, 0.29) is 6.54 Å². The predicted octanol–water partition coefficient (Wildman–Crippen LogP) is 2.81. The molecule has 0 aliphatic carbocycles. The number of aliphatic hydroxyl groups is 1. The van der Waals surface area contributed by atoms with Gasteiger partial charge in [0.2, 0.25) is 0 Å². The van der Waals surface area contributed by atoms with Gasteiger partial charge in [-0.2, -0.15) is 5.10 Å². The Morgan fingerprint density at radius 3 is 2.36 bits per heavy atom. The SMILES string of the molecule is Nc1ncnc2c1c(-c1ccccc1)nn2CC(O)c1ccccc1. The number of nitrogens with zero attached hydrogens (tertiary/aromatic N) is 4. The number of nitrogen functional groups attached to an aromatic ring is 1. The van der Waals surface area contributed by atoms with Gasteiger partial charge in [0.15, 0.2) is 5.65 Å². The molecule has 4 aromatic rings. The highest BCUT2D eigenvalue weighted by molar-refractivity contribution is 5.98. The standard InChI is InChI=1S/C19H17N5O/c20-18-16-17(14-9-5-2-6-10-14)23-24(19(16)22-12-21-18)11-15(25)13-7-3-1-4-8-13/h1-10,12,15,25H,11H2,(H2,20,21,22). The molecule has 0 bridgehead atoms. The second-order valence-corrected chi connectivity index (χ2v) is 5.78. The fourth-order valence-corrected chi connectivity index (χ4v) is 2.90. The second-order valence-electron chi connectivity index (χ2n) is 5.78. The summed E-state index contributed by atoms with van der Waals surface area (Å²) in [6, 6.07) is 19.2. The van der Waals surface area contributed by atoms with Gasteiger partial charge in [-0.1, -0.05) is 60.7 Å². The quantitative estimate of drug-likeness (QED) is 0.600. The lowest BCUT2D eigenvalue weighted by molar-refractivity contribution is 0.153. The Labute approximate surface area is 144 Å². The summed E-state index contributed by atoms with van der Waals surface area (Å²) in [4.78, 5) is 8.43. The summed E-state index contributed by atoms with van der Waals surface area (Å²) in [6.45, 7) is 0.282. The molecule has 0 fully saturated rings. The highest BCUT2D eigenvalue weighted by atomic mass is 16.3. The fourth-order valence-electron chi connectivity index (χ4n) is 2.90. The Bertz CT molecular complexity index is 998. The van der Waals surface area contributed by atoms with Gasteiger partial charge in [-0.05, 0) is 5.56 Å². The van der Waals surface area contributed by atoms with Crippen molar-refractivity contribution in [3.63, 3.8) is 0 Å². The highest BCUT2D eigenvalue weighted by Gasteiger charge is 2.19. The summed E-state index contributed by atoms with van der Waals surface area (Å²) in [7, 11) is 0. The molecule has 4 rings (SSSR count). The number of anilines is 1. The van der Waals surface area contributed by atoms with Gasteiger partial charge in [0.1, 0.15) is 17.8 Å². The largest absolute Gasteiger partial charge is 0.386 e. The zero-order chi connectivity index (χ0) is 17.2. The number of aromatic nitrogens is 4. The number of fused-ring (bicyclic) bond motifs is 1. The van der Waals surface area contributed by atoms with Crippen molar-refractivity contribution in [3.05, 3.63) is 72.6 Å². The van der Waals surface area contributed by atoms with Crippen molar-refractivity contribution in [1.82, 2.24) is 19.7 Å². The molecule has 6 heteroatoms. The molecule has 2 aromatic heterocycles. The minimum Gasteiger partial charge on any atom is -0.386 e. The Morgan fingerprint density at radius 1 is 0.960 bits per heavy atom. The summed E-state index contributed by atoms with van der Waals surface area (Å²) in [6.07, 6.45) is 0.726. The van der Waals surface area contributed by atoms with Crippen LogP contribution < -0.4 is 5.73 Å². The lowest BCUT2D eigenvalue weighted by atomic mass is 10.1. The van der Waals surface area contributed by atoms with Gasteiger partial charge in [0.05, 0.1) is 18.0 Å². The monoisotopic (exact) mass is 331 g/mol. The smallest absolute Gasteiger partial charge is 0.164 e. The molecule has 124 valence electrons. The minimum absolute atomic E-state index is 0.282. The second kappa shape index (κ2) is 6.33. The first-order valence-electron chi connectivity index (χ1n) is 7.99. The molecular formula is C19H17N5O. The number of benzene rings is 2. The summed E-state index contributed by atoms with van der Waals surface area (Å²) in [5.74, 6) is 0.379. The molecule has 3 N–H and O–H groups in total. The molecule has 6 nitrogen and oxygen atoms in total. The molecule has 2 aromatic carbocycles. The predicted molar refractivity (Wildman–Crippen MR) is 96.6 cm³/mol. The van der Waals surface area contributed by atoms with Crippen LogP contribution in [0.4, 0.5) is 5.82 Å². The zero-order valence-electron chi connectivity index (χ0n) is 13.4. The van der Waals surface area contributed by atoms with Crippen LogP contribution in [0, 0.1) is 0 Å². The van der Waals surface area contributed by atoms with E-state index in [2.05, 4.69) is 15.1 Å². The third kappa shape index (κ3) is 2.83. The van der Waals surface area contributed by atoms with Crippen molar-refractivity contribution >= 4 is 16.9 Å². The van der Waals surface area contributed by atoms with E-state index in [4.69, 9.17) is 5.73 Å². The maximum Gasteiger partial charge on any atom is 0.164 e. The molecule has 0 radical (unpaired) electrons. The van der Waals surface area contributed by atoms with E-state index >= 15 is 0 Å². The lowest BCUT2D eigenvalue weighted by Crippen LogP contribution is -2.10. The van der Waals surface area contributed by atoms with Gasteiger partial charge >= 0.3 is 0 Å². The molecule has 2 heterocycles. The third-order valence-corrected chi connectivity index (χ3v) is 4.14. The first-order chi connectivity index (χ1) is 12.2. The number of nitrogens with two attached hydrogens (primary N) is 1. The van der Waals surface area contributed by atoms with Gasteiger partial charge in [0.25, 0.3) is 0 Å². The molecule has 0 aliphatic rings. The molecule has 0 spiro atoms. The Balaban J connectivity index is 1.81. The Kier molecular flexibility index (Phi) is 3.87. The van der Waals surface area contributed by atoms with Crippen LogP contribution >= 0.6 is 0 Å². The van der Waals surface area contributed by atoms with Crippen molar-refractivity contribution in [2.45, 2.75) is 12.6 Å². The first kappa shape index (κ1) is 15.3. The van der Waals surface area contributed by atoms with Gasteiger partial charge in [0, 0.05) is 5.56 Å². The molecule has 25 heavy (non-hydrogen) atoms. The van der Waals surface area contributed by atoms with Crippen molar-refractivity contribution in [3.8, 4) is 11.3 Å². The molecular weight excluding hydrogens is 314 g/mol. The molecule has 1 atom stereocenters. The Morgan fingerprint density at radius 2 is 1.64 bits per heavy atom. The van der Waals surface area contributed by atoms with Crippen LogP contribution in [0.1, 0.15) is 11.7 Å². The van der Waals surface area contributed by atoms with Crippen LogP contribution in [0.5, 0.6) is 0 Å². The molecule has 0 amide bonds. The minimum atomic E-state index is -0.691. The van der Waals surface area contributed by atoms with Crippen molar-refractivity contribution < 1.29 is 5.11 Å². The average molecular weight is 331 g/mol. The maximum absolute atomic E-state index is 10.5. The van der Waals surface area contributed by atoms with Gasteiger partial charge in [-0.15, -0.1) is 0 Å². The van der Waals surface area contributed by atoms with Crippen LogP contribution in [0.3, 0.4) is 0 Å². The zero-order valence-corrected chi connectivity index (χ0v) is 13.4. The summed E-state index contributed by atoms with van der Waals surface area (Å²) < 4.78 is 1.69. The topological polar surface area (TPSA) is 89.9 Å².